The fourth-order valence-corrected chi connectivity index (χ4v) is 4.11. The van der Waals surface area contributed by atoms with Crippen LogP contribution >= 0.6 is 15.9 Å². The predicted molar refractivity (Wildman–Crippen MR) is 112 cm³/mol. The highest BCUT2D eigenvalue weighted by atomic mass is 79.9. The van der Waals surface area contributed by atoms with E-state index in [0.717, 1.165) is 44.8 Å². The molecule has 138 valence electrons. The number of fused-ring (bicyclic) bond motifs is 1. The average Bonchev–Trinajstić information content (AvgIpc) is 2.92. The Kier molecular flexibility index (Phi) is 4.30. The summed E-state index contributed by atoms with van der Waals surface area (Å²) in [6.45, 7) is 4.25. The number of nitrogen functional groups attached to an aromatic ring is 1. The van der Waals surface area contributed by atoms with Crippen LogP contribution in [0.15, 0.2) is 47.1 Å². The Morgan fingerprint density at radius 3 is 2.78 bits per heavy atom. The molecular formula is C21H21BrN4O. The lowest BCUT2D eigenvalue weighted by atomic mass is 9.76. The van der Waals surface area contributed by atoms with Crippen LogP contribution in [-0.2, 0) is 6.42 Å². The number of anilines is 3. The number of carbonyl (C=O) groups excluding carboxylic acids is 1. The number of carbonyl (C=O) groups is 1. The quantitative estimate of drug-likeness (QED) is 0.530. The third-order valence-electron chi connectivity index (χ3n) is 4.81. The van der Waals surface area contributed by atoms with Crippen molar-refractivity contribution in [2.45, 2.75) is 26.7 Å². The van der Waals surface area contributed by atoms with Crippen molar-refractivity contribution in [2.24, 2.45) is 5.41 Å². The number of benzene rings is 1. The normalized spacial score (nSPS) is 15.4. The van der Waals surface area contributed by atoms with Crippen LogP contribution in [0.25, 0.3) is 11.3 Å². The highest BCUT2D eigenvalue weighted by Gasteiger charge is 2.35. The Labute approximate surface area is 166 Å². The molecule has 0 saturated heterocycles. The van der Waals surface area contributed by atoms with Gasteiger partial charge in [0.2, 0.25) is 0 Å². The molecule has 0 saturated carbocycles. The molecule has 0 amide bonds. The molecule has 0 fully saturated rings. The third kappa shape index (κ3) is 3.49. The molecule has 0 bridgehead atoms. The molecule has 0 spiro atoms. The number of halogens is 1. The number of nitrogens with one attached hydrogen (secondary N) is 2. The van der Waals surface area contributed by atoms with E-state index in [4.69, 9.17) is 5.73 Å². The van der Waals surface area contributed by atoms with Gasteiger partial charge in [0, 0.05) is 34.0 Å². The number of H-pyrrole nitrogens is 1. The Bertz CT molecular complexity index is 1040. The first-order valence-corrected chi connectivity index (χ1v) is 9.64. The summed E-state index contributed by atoms with van der Waals surface area (Å²) in [6.07, 6.45) is 3.03. The molecule has 27 heavy (non-hydrogen) atoms. The van der Waals surface area contributed by atoms with Crippen molar-refractivity contribution in [3.05, 3.63) is 58.3 Å². The minimum atomic E-state index is -0.0590. The van der Waals surface area contributed by atoms with Crippen molar-refractivity contribution < 1.29 is 4.79 Å². The van der Waals surface area contributed by atoms with Crippen molar-refractivity contribution >= 4 is 38.9 Å². The van der Waals surface area contributed by atoms with E-state index < -0.39 is 0 Å². The van der Waals surface area contributed by atoms with E-state index in [2.05, 4.69) is 45.1 Å². The molecule has 0 unspecified atom stereocenters. The first-order valence-electron chi connectivity index (χ1n) is 8.85. The molecule has 0 atom stereocenters. The second-order valence-corrected chi connectivity index (χ2v) is 8.69. The van der Waals surface area contributed by atoms with Gasteiger partial charge in [-0.05, 0) is 42.2 Å². The highest BCUT2D eigenvalue weighted by Crippen LogP contribution is 2.43. The number of aromatic nitrogens is 2. The van der Waals surface area contributed by atoms with Crippen LogP contribution in [0.3, 0.4) is 0 Å². The fourth-order valence-electron chi connectivity index (χ4n) is 3.71. The van der Waals surface area contributed by atoms with Crippen molar-refractivity contribution in [3.8, 4) is 11.3 Å². The van der Waals surface area contributed by atoms with Crippen molar-refractivity contribution in [2.75, 3.05) is 11.1 Å². The lowest BCUT2D eigenvalue weighted by molar-refractivity contribution is 0.0912. The molecule has 2 aromatic heterocycles. The summed E-state index contributed by atoms with van der Waals surface area (Å²) in [5.74, 6) is 0.600. The first kappa shape index (κ1) is 17.8. The molecule has 2 heterocycles. The molecule has 1 aliphatic carbocycles. The Hall–Kier alpha value is -2.60. The van der Waals surface area contributed by atoms with Gasteiger partial charge in [-0.1, -0.05) is 35.8 Å². The zero-order chi connectivity index (χ0) is 19.2. The van der Waals surface area contributed by atoms with Crippen LogP contribution in [-0.4, -0.2) is 15.8 Å². The highest BCUT2D eigenvalue weighted by molar-refractivity contribution is 9.10. The molecule has 3 aromatic rings. The van der Waals surface area contributed by atoms with Crippen LogP contribution in [0.1, 0.15) is 36.3 Å². The molecule has 5 nitrogen and oxygen atoms in total. The summed E-state index contributed by atoms with van der Waals surface area (Å²) in [4.78, 5) is 20.6. The maximum Gasteiger partial charge on any atom is 0.167 e. The summed E-state index contributed by atoms with van der Waals surface area (Å²) in [7, 11) is 0. The Balaban J connectivity index is 1.89. The van der Waals surface area contributed by atoms with Gasteiger partial charge >= 0.3 is 0 Å². The number of nitrogens with zero attached hydrogens (tertiary/aromatic N) is 1. The number of hydrogen-bond donors (Lipinski definition) is 3. The van der Waals surface area contributed by atoms with Gasteiger partial charge in [0.05, 0.1) is 16.9 Å². The summed E-state index contributed by atoms with van der Waals surface area (Å²) in [5.41, 5.74) is 11.0. The third-order valence-corrected chi connectivity index (χ3v) is 5.31. The molecule has 4 rings (SSSR count). The molecule has 0 radical (unpaired) electrons. The van der Waals surface area contributed by atoms with Crippen molar-refractivity contribution in [1.29, 1.82) is 0 Å². The topological polar surface area (TPSA) is 83.8 Å². The number of rotatable bonds is 3. The lowest BCUT2D eigenvalue weighted by Gasteiger charge is -2.28. The zero-order valence-corrected chi connectivity index (χ0v) is 16.9. The Morgan fingerprint density at radius 2 is 2.04 bits per heavy atom. The monoisotopic (exact) mass is 424 g/mol. The van der Waals surface area contributed by atoms with E-state index >= 15 is 0 Å². The summed E-state index contributed by atoms with van der Waals surface area (Å²) >= 11 is 3.50. The van der Waals surface area contributed by atoms with E-state index in [0.29, 0.717) is 12.2 Å². The molecule has 1 aromatic carbocycles. The number of ketones is 1. The average molecular weight is 425 g/mol. The number of pyridine rings is 1. The lowest BCUT2D eigenvalue weighted by Crippen LogP contribution is -2.26. The van der Waals surface area contributed by atoms with Gasteiger partial charge in [0.25, 0.3) is 0 Å². The van der Waals surface area contributed by atoms with Crippen molar-refractivity contribution in [1.82, 2.24) is 9.97 Å². The number of nitrogens with two attached hydrogens (primary N) is 1. The summed E-state index contributed by atoms with van der Waals surface area (Å²) in [6, 6.07) is 11.6. The van der Waals surface area contributed by atoms with E-state index in [1.54, 1.807) is 6.20 Å². The Morgan fingerprint density at radius 1 is 1.22 bits per heavy atom. The van der Waals surface area contributed by atoms with Crippen LogP contribution in [0.2, 0.25) is 0 Å². The number of hydrogen-bond acceptors (Lipinski definition) is 4. The minimum absolute atomic E-state index is 0.0590. The summed E-state index contributed by atoms with van der Waals surface area (Å²) in [5, 5.41) is 3.45. The smallest absolute Gasteiger partial charge is 0.167 e. The van der Waals surface area contributed by atoms with Gasteiger partial charge in [0.15, 0.2) is 5.78 Å². The van der Waals surface area contributed by atoms with E-state index in [1.807, 2.05) is 36.4 Å². The van der Waals surface area contributed by atoms with E-state index in [1.165, 1.54) is 0 Å². The molecule has 1 aliphatic rings. The van der Waals surface area contributed by atoms with Gasteiger partial charge in [-0.15, -0.1) is 0 Å². The summed E-state index contributed by atoms with van der Waals surface area (Å²) < 4.78 is 0.971. The van der Waals surface area contributed by atoms with E-state index in [9.17, 15) is 4.79 Å². The second kappa shape index (κ2) is 6.53. The second-order valence-electron chi connectivity index (χ2n) is 7.77. The van der Waals surface area contributed by atoms with Crippen molar-refractivity contribution in [3.63, 3.8) is 0 Å². The van der Waals surface area contributed by atoms with Gasteiger partial charge in [-0.25, -0.2) is 4.98 Å². The van der Waals surface area contributed by atoms with Gasteiger partial charge in [-0.2, -0.15) is 0 Å². The molecule has 0 aliphatic heterocycles. The fraction of sp³-hybridized carbons (Fsp3) is 0.238. The van der Waals surface area contributed by atoms with E-state index in [-0.39, 0.29) is 11.2 Å². The maximum absolute atomic E-state index is 13.0. The number of Topliss-reactive ketones (excluding diaryl/α,β-unsaturated/α-hetero) is 1. The van der Waals surface area contributed by atoms with Crippen LogP contribution in [0.4, 0.5) is 17.2 Å². The van der Waals surface area contributed by atoms with Crippen LogP contribution in [0, 0.1) is 5.41 Å². The number of aromatic amines is 1. The predicted octanol–water partition coefficient (Wildman–Crippen LogP) is 5.32. The van der Waals surface area contributed by atoms with Crippen LogP contribution < -0.4 is 11.1 Å². The molecular weight excluding hydrogens is 404 g/mol. The van der Waals surface area contributed by atoms with Gasteiger partial charge in [0.1, 0.15) is 5.82 Å². The van der Waals surface area contributed by atoms with Gasteiger partial charge in [-0.3, -0.25) is 4.79 Å². The maximum atomic E-state index is 13.0. The zero-order valence-electron chi connectivity index (χ0n) is 15.3. The van der Waals surface area contributed by atoms with Gasteiger partial charge < -0.3 is 16.0 Å². The first-order chi connectivity index (χ1) is 12.8. The molecule has 6 heteroatoms. The van der Waals surface area contributed by atoms with Crippen LogP contribution in [0.5, 0.6) is 0 Å². The largest absolute Gasteiger partial charge is 0.384 e. The molecule has 4 N–H and O–H groups in total. The standard InChI is InChI=1S/C21H21BrN4O/c1-21(2)10-15-18(16(27)11-21)20(25-14-5-3-4-13(22)9-14)19(26-15)12-6-7-24-17(23)8-12/h3-9,25-26H,10-11H2,1-2H3,(H2,23,24). The SMILES string of the molecule is CC1(C)CC(=O)c2c([nH]c(-c3ccnc(N)c3)c2Nc2cccc(Br)c2)C1. The minimum Gasteiger partial charge on any atom is -0.384 e.